The fourth-order valence-corrected chi connectivity index (χ4v) is 3.87. The first-order valence-corrected chi connectivity index (χ1v) is 10.5. The average molecular weight is 419 g/mol. The summed E-state index contributed by atoms with van der Waals surface area (Å²) in [5, 5.41) is 0.239. The van der Waals surface area contributed by atoms with Crippen molar-refractivity contribution in [1.29, 1.82) is 0 Å². The quantitative estimate of drug-likeness (QED) is 0.278. The van der Waals surface area contributed by atoms with Gasteiger partial charge in [0.2, 0.25) is 5.28 Å². The molecule has 0 atom stereocenters. The minimum Gasteiger partial charge on any atom is -0.218 e. The van der Waals surface area contributed by atoms with Crippen LogP contribution in [0, 0.1) is 0 Å². The SMILES string of the molecule is Clc1nc(-c2ccccc2)cc(-c2cc(-c3ccccc3)cc(-c3ccccc3)c2)n1. The molecule has 0 radical (unpaired) electrons. The van der Waals surface area contributed by atoms with Crippen molar-refractivity contribution in [3.63, 3.8) is 0 Å². The van der Waals surface area contributed by atoms with Gasteiger partial charge in [-0.3, -0.25) is 0 Å². The molecule has 0 aliphatic carbocycles. The summed E-state index contributed by atoms with van der Waals surface area (Å²) in [6.45, 7) is 0. The van der Waals surface area contributed by atoms with Crippen LogP contribution in [0.1, 0.15) is 0 Å². The zero-order valence-electron chi connectivity index (χ0n) is 16.7. The minimum atomic E-state index is 0.239. The predicted molar refractivity (Wildman–Crippen MR) is 129 cm³/mol. The summed E-state index contributed by atoms with van der Waals surface area (Å²) in [7, 11) is 0. The average Bonchev–Trinajstić information content (AvgIpc) is 2.85. The maximum absolute atomic E-state index is 6.34. The predicted octanol–water partition coefficient (Wildman–Crippen LogP) is 7.80. The van der Waals surface area contributed by atoms with Crippen molar-refractivity contribution < 1.29 is 0 Å². The van der Waals surface area contributed by atoms with Crippen LogP contribution in [0.5, 0.6) is 0 Å². The van der Waals surface area contributed by atoms with Gasteiger partial charge in [-0.2, -0.15) is 0 Å². The summed E-state index contributed by atoms with van der Waals surface area (Å²) in [5.74, 6) is 0. The fraction of sp³-hybridized carbons (Fsp3) is 0. The van der Waals surface area contributed by atoms with Crippen LogP contribution >= 0.6 is 11.6 Å². The summed E-state index contributed by atoms with van der Waals surface area (Å²) < 4.78 is 0. The molecule has 0 saturated carbocycles. The van der Waals surface area contributed by atoms with Crippen LogP contribution in [0.25, 0.3) is 44.8 Å². The Morgan fingerprint density at radius 2 is 0.774 bits per heavy atom. The topological polar surface area (TPSA) is 25.8 Å². The zero-order chi connectivity index (χ0) is 21.0. The van der Waals surface area contributed by atoms with Crippen LogP contribution in [0.4, 0.5) is 0 Å². The molecule has 0 fully saturated rings. The summed E-state index contributed by atoms with van der Waals surface area (Å²) in [6.07, 6.45) is 0. The second kappa shape index (κ2) is 8.55. The number of nitrogens with zero attached hydrogens (tertiary/aromatic N) is 2. The van der Waals surface area contributed by atoms with Gasteiger partial charge in [0.05, 0.1) is 11.4 Å². The van der Waals surface area contributed by atoms with Crippen LogP contribution in [0.2, 0.25) is 5.28 Å². The molecule has 3 heteroatoms. The number of rotatable bonds is 4. The van der Waals surface area contributed by atoms with Gasteiger partial charge >= 0.3 is 0 Å². The first-order chi connectivity index (χ1) is 15.3. The van der Waals surface area contributed by atoms with Crippen LogP contribution < -0.4 is 0 Å². The van der Waals surface area contributed by atoms with E-state index in [2.05, 4.69) is 76.7 Å². The highest BCUT2D eigenvalue weighted by Crippen LogP contribution is 2.33. The van der Waals surface area contributed by atoms with E-state index in [9.17, 15) is 0 Å². The number of halogens is 1. The standard InChI is InChI=1S/C28H19ClN2/c29-28-30-26(22-14-8-3-9-15-22)19-27(31-28)25-17-23(20-10-4-1-5-11-20)16-24(18-25)21-12-6-2-7-13-21/h1-19H. The second-order valence-corrected chi connectivity index (χ2v) is 7.64. The Hall–Kier alpha value is -3.75. The van der Waals surface area contributed by atoms with Gasteiger partial charge < -0.3 is 0 Å². The first kappa shape index (κ1) is 19.2. The molecule has 5 rings (SSSR count). The van der Waals surface area contributed by atoms with Crippen molar-refractivity contribution in [2.75, 3.05) is 0 Å². The highest BCUT2D eigenvalue weighted by Gasteiger charge is 2.11. The van der Waals surface area contributed by atoms with Crippen molar-refractivity contribution in [2.45, 2.75) is 0 Å². The van der Waals surface area contributed by atoms with E-state index in [0.717, 1.165) is 44.8 Å². The zero-order valence-corrected chi connectivity index (χ0v) is 17.5. The van der Waals surface area contributed by atoms with Gasteiger partial charge in [0.15, 0.2) is 0 Å². The molecule has 148 valence electrons. The molecule has 0 unspecified atom stereocenters. The van der Waals surface area contributed by atoms with Crippen molar-refractivity contribution in [1.82, 2.24) is 9.97 Å². The van der Waals surface area contributed by atoms with Gasteiger partial charge in [-0.15, -0.1) is 0 Å². The summed E-state index contributed by atoms with van der Waals surface area (Å²) in [5.41, 5.74) is 8.20. The largest absolute Gasteiger partial charge is 0.223 e. The molecule has 0 amide bonds. The molecule has 2 nitrogen and oxygen atoms in total. The van der Waals surface area contributed by atoms with Gasteiger partial charge in [-0.1, -0.05) is 91.0 Å². The molecule has 4 aromatic carbocycles. The maximum Gasteiger partial charge on any atom is 0.223 e. The Kier molecular flexibility index (Phi) is 5.30. The summed E-state index contributed by atoms with van der Waals surface area (Å²) >= 11 is 6.34. The lowest BCUT2D eigenvalue weighted by Crippen LogP contribution is -1.93. The third-order valence-corrected chi connectivity index (χ3v) is 5.38. The highest BCUT2D eigenvalue weighted by atomic mass is 35.5. The monoisotopic (exact) mass is 418 g/mol. The molecular formula is C28H19ClN2. The normalized spacial score (nSPS) is 10.7. The van der Waals surface area contributed by atoms with Crippen LogP contribution in [0.15, 0.2) is 115 Å². The molecule has 5 aromatic rings. The van der Waals surface area contributed by atoms with Crippen molar-refractivity contribution in [3.05, 3.63) is 121 Å². The van der Waals surface area contributed by atoms with E-state index in [1.807, 2.05) is 48.5 Å². The minimum absolute atomic E-state index is 0.239. The Balaban J connectivity index is 1.70. The molecule has 0 bridgehead atoms. The fourth-order valence-electron chi connectivity index (χ4n) is 3.69. The van der Waals surface area contributed by atoms with Crippen LogP contribution in [-0.2, 0) is 0 Å². The van der Waals surface area contributed by atoms with Gasteiger partial charge in [-0.25, -0.2) is 9.97 Å². The molecular weight excluding hydrogens is 400 g/mol. The lowest BCUT2D eigenvalue weighted by Gasteiger charge is -2.12. The number of hydrogen-bond acceptors (Lipinski definition) is 2. The van der Waals surface area contributed by atoms with E-state index in [4.69, 9.17) is 11.6 Å². The van der Waals surface area contributed by atoms with E-state index < -0.39 is 0 Å². The van der Waals surface area contributed by atoms with Crippen LogP contribution in [0.3, 0.4) is 0 Å². The van der Waals surface area contributed by atoms with Crippen molar-refractivity contribution >= 4 is 11.6 Å². The van der Waals surface area contributed by atoms with Crippen molar-refractivity contribution in [3.8, 4) is 44.8 Å². The molecule has 0 spiro atoms. The maximum atomic E-state index is 6.34. The molecule has 1 aromatic heterocycles. The Bertz CT molecular complexity index is 1260. The molecule has 1 heterocycles. The Morgan fingerprint density at radius 1 is 0.387 bits per heavy atom. The highest BCUT2D eigenvalue weighted by molar-refractivity contribution is 6.28. The van der Waals surface area contributed by atoms with Gasteiger partial charge in [0.1, 0.15) is 0 Å². The summed E-state index contributed by atoms with van der Waals surface area (Å²) in [6, 6.07) is 39.3. The van der Waals surface area contributed by atoms with Gasteiger partial charge in [0.25, 0.3) is 0 Å². The smallest absolute Gasteiger partial charge is 0.218 e. The van der Waals surface area contributed by atoms with Gasteiger partial charge in [-0.05, 0) is 58.1 Å². The van der Waals surface area contributed by atoms with Crippen LogP contribution in [-0.4, -0.2) is 9.97 Å². The summed E-state index contributed by atoms with van der Waals surface area (Å²) in [4.78, 5) is 9.00. The lowest BCUT2D eigenvalue weighted by atomic mass is 9.94. The second-order valence-electron chi connectivity index (χ2n) is 7.30. The van der Waals surface area contributed by atoms with Crippen molar-refractivity contribution in [2.24, 2.45) is 0 Å². The first-order valence-electron chi connectivity index (χ1n) is 10.1. The Morgan fingerprint density at radius 3 is 1.26 bits per heavy atom. The molecule has 0 aliphatic heterocycles. The molecule has 0 aliphatic rings. The van der Waals surface area contributed by atoms with Gasteiger partial charge in [0, 0.05) is 11.1 Å². The number of hydrogen-bond donors (Lipinski definition) is 0. The third kappa shape index (κ3) is 4.25. The van der Waals surface area contributed by atoms with E-state index in [1.165, 1.54) is 0 Å². The Labute approximate surface area is 186 Å². The number of benzene rings is 4. The number of aromatic nitrogens is 2. The van der Waals surface area contributed by atoms with E-state index in [0.29, 0.717) is 0 Å². The van der Waals surface area contributed by atoms with E-state index in [1.54, 1.807) is 0 Å². The lowest BCUT2D eigenvalue weighted by molar-refractivity contribution is 1.18. The molecule has 31 heavy (non-hydrogen) atoms. The van der Waals surface area contributed by atoms with E-state index in [-0.39, 0.29) is 5.28 Å². The molecule has 0 N–H and O–H groups in total. The molecule has 0 saturated heterocycles. The third-order valence-electron chi connectivity index (χ3n) is 5.21. The van der Waals surface area contributed by atoms with E-state index >= 15 is 0 Å².